The number of carboxylic acids is 1. The molecule has 0 saturated heterocycles. The molecule has 4 aromatic rings. The molecular formula is C25H23N3O5. The SMILES string of the molecule is C[C@H](N)[C@H](Oc1ccc2c(cnn2-c2cccc(C(=O)O)c2)c1)c1ccc2c(c1)OCCO2. The van der Waals surface area contributed by atoms with Crippen molar-refractivity contribution in [2.24, 2.45) is 5.73 Å². The molecule has 0 aliphatic carbocycles. The smallest absolute Gasteiger partial charge is 0.335 e. The second-order valence-electron chi connectivity index (χ2n) is 7.93. The highest BCUT2D eigenvalue weighted by Crippen LogP contribution is 2.35. The molecule has 8 nitrogen and oxygen atoms in total. The minimum absolute atomic E-state index is 0.204. The summed E-state index contributed by atoms with van der Waals surface area (Å²) in [6.45, 7) is 2.94. The van der Waals surface area contributed by atoms with Crippen molar-refractivity contribution < 1.29 is 24.1 Å². The molecule has 0 saturated carbocycles. The fourth-order valence-electron chi connectivity index (χ4n) is 3.92. The second-order valence-corrected chi connectivity index (χ2v) is 7.93. The lowest BCUT2D eigenvalue weighted by atomic mass is 10.0. The topological polar surface area (TPSA) is 109 Å². The van der Waals surface area contributed by atoms with Crippen LogP contribution in [0.2, 0.25) is 0 Å². The van der Waals surface area contributed by atoms with E-state index in [2.05, 4.69) is 5.10 Å². The third-order valence-electron chi connectivity index (χ3n) is 5.51. The van der Waals surface area contributed by atoms with Gasteiger partial charge >= 0.3 is 5.97 Å². The lowest BCUT2D eigenvalue weighted by Crippen LogP contribution is -2.29. The highest BCUT2D eigenvalue weighted by molar-refractivity contribution is 5.88. The predicted octanol–water partition coefficient (Wildman–Crippen LogP) is 3.96. The van der Waals surface area contributed by atoms with E-state index >= 15 is 0 Å². The molecule has 0 radical (unpaired) electrons. The minimum atomic E-state index is -0.981. The Hall–Kier alpha value is -4.04. The fraction of sp³-hybridized carbons (Fsp3) is 0.200. The molecule has 0 bridgehead atoms. The Morgan fingerprint density at radius 2 is 1.91 bits per heavy atom. The van der Waals surface area contributed by atoms with Crippen LogP contribution in [0.5, 0.6) is 17.2 Å². The van der Waals surface area contributed by atoms with E-state index in [4.69, 9.17) is 19.9 Å². The zero-order valence-electron chi connectivity index (χ0n) is 18.0. The van der Waals surface area contributed by atoms with Crippen LogP contribution in [0, 0.1) is 0 Å². The van der Waals surface area contributed by atoms with Crippen molar-refractivity contribution in [3.05, 3.63) is 78.0 Å². The molecule has 1 aliphatic rings. The molecular weight excluding hydrogens is 422 g/mol. The average Bonchev–Trinajstić information content (AvgIpc) is 3.25. The molecule has 0 amide bonds. The standard InChI is InChI=1S/C25H23N3O5/c1-15(26)24(16-5-8-22-23(13-16)32-10-9-31-22)33-20-6-7-21-18(12-20)14-27-28(21)19-4-2-3-17(11-19)25(29)30/h2-8,11-15,24H,9-10,26H2,1H3,(H,29,30)/t15-,24-/m0/s1. The normalized spacial score (nSPS) is 14.6. The third-order valence-corrected chi connectivity index (χ3v) is 5.51. The number of rotatable bonds is 6. The van der Waals surface area contributed by atoms with Gasteiger partial charge in [0.2, 0.25) is 0 Å². The van der Waals surface area contributed by atoms with Gasteiger partial charge in [-0.3, -0.25) is 0 Å². The molecule has 0 unspecified atom stereocenters. The number of hydrogen-bond donors (Lipinski definition) is 2. The maximum absolute atomic E-state index is 11.3. The van der Waals surface area contributed by atoms with Crippen LogP contribution >= 0.6 is 0 Å². The van der Waals surface area contributed by atoms with Gasteiger partial charge < -0.3 is 25.1 Å². The van der Waals surface area contributed by atoms with Gasteiger partial charge in [-0.15, -0.1) is 0 Å². The summed E-state index contributed by atoms with van der Waals surface area (Å²) >= 11 is 0. The summed E-state index contributed by atoms with van der Waals surface area (Å²) in [5.41, 5.74) is 8.87. The first-order valence-corrected chi connectivity index (χ1v) is 10.6. The summed E-state index contributed by atoms with van der Waals surface area (Å²) in [5, 5.41) is 14.6. The van der Waals surface area contributed by atoms with Crippen LogP contribution in [0.3, 0.4) is 0 Å². The van der Waals surface area contributed by atoms with Crippen LogP contribution in [-0.2, 0) is 0 Å². The van der Waals surface area contributed by atoms with Crippen molar-refractivity contribution in [2.75, 3.05) is 13.2 Å². The van der Waals surface area contributed by atoms with Gasteiger partial charge in [0, 0.05) is 11.4 Å². The van der Waals surface area contributed by atoms with Crippen LogP contribution in [0.25, 0.3) is 16.6 Å². The highest BCUT2D eigenvalue weighted by Gasteiger charge is 2.22. The predicted molar refractivity (Wildman–Crippen MR) is 122 cm³/mol. The van der Waals surface area contributed by atoms with Crippen LogP contribution < -0.4 is 19.9 Å². The summed E-state index contributed by atoms with van der Waals surface area (Å²) < 4.78 is 19.3. The Morgan fingerprint density at radius 1 is 1.09 bits per heavy atom. The number of benzene rings is 3. The summed E-state index contributed by atoms with van der Waals surface area (Å²) in [4.78, 5) is 11.3. The van der Waals surface area contributed by atoms with E-state index in [1.54, 1.807) is 29.1 Å². The van der Waals surface area contributed by atoms with Gasteiger partial charge in [0.1, 0.15) is 25.1 Å². The molecule has 0 spiro atoms. The van der Waals surface area contributed by atoms with Gasteiger partial charge in [-0.25, -0.2) is 9.48 Å². The molecule has 0 fully saturated rings. The first-order chi connectivity index (χ1) is 16.0. The third kappa shape index (κ3) is 4.08. The Morgan fingerprint density at radius 3 is 2.70 bits per heavy atom. The van der Waals surface area contributed by atoms with E-state index in [0.29, 0.717) is 36.1 Å². The number of carboxylic acid groups (broad SMARTS) is 1. The van der Waals surface area contributed by atoms with E-state index in [-0.39, 0.29) is 17.7 Å². The van der Waals surface area contributed by atoms with Gasteiger partial charge in [-0.05, 0) is 61.0 Å². The van der Waals surface area contributed by atoms with E-state index in [9.17, 15) is 9.90 Å². The van der Waals surface area contributed by atoms with Crippen LogP contribution in [0.4, 0.5) is 0 Å². The Bertz CT molecular complexity index is 1330. The lowest BCUT2D eigenvalue weighted by molar-refractivity contribution is 0.0697. The van der Waals surface area contributed by atoms with Crippen LogP contribution in [0.1, 0.15) is 28.9 Å². The Balaban J connectivity index is 1.44. The Labute approximate surface area is 190 Å². The Kier molecular flexibility index (Phi) is 5.35. The van der Waals surface area contributed by atoms with Gasteiger partial charge in [0.15, 0.2) is 11.5 Å². The number of ether oxygens (including phenoxy) is 3. The summed E-state index contributed by atoms with van der Waals surface area (Å²) in [6, 6.07) is 17.8. The van der Waals surface area contributed by atoms with E-state index < -0.39 is 5.97 Å². The molecule has 1 aliphatic heterocycles. The summed E-state index contributed by atoms with van der Waals surface area (Å²) in [7, 11) is 0. The quantitative estimate of drug-likeness (QED) is 0.462. The highest BCUT2D eigenvalue weighted by atomic mass is 16.6. The molecule has 5 rings (SSSR count). The molecule has 8 heteroatoms. The van der Waals surface area contributed by atoms with E-state index in [0.717, 1.165) is 16.5 Å². The molecule has 1 aromatic heterocycles. The maximum atomic E-state index is 11.3. The number of aromatic carboxylic acids is 1. The van der Waals surface area contributed by atoms with Crippen molar-refractivity contribution in [2.45, 2.75) is 19.1 Å². The monoisotopic (exact) mass is 445 g/mol. The number of nitrogens with zero attached hydrogens (tertiary/aromatic N) is 2. The minimum Gasteiger partial charge on any atom is -0.486 e. The zero-order chi connectivity index (χ0) is 22.9. The van der Waals surface area contributed by atoms with Gasteiger partial charge in [-0.1, -0.05) is 12.1 Å². The van der Waals surface area contributed by atoms with Crippen molar-refractivity contribution in [3.8, 4) is 22.9 Å². The summed E-state index contributed by atoms with van der Waals surface area (Å²) in [5.74, 6) is 1.08. The molecule has 33 heavy (non-hydrogen) atoms. The first kappa shape index (κ1) is 20.8. The van der Waals surface area contributed by atoms with Crippen molar-refractivity contribution in [1.82, 2.24) is 9.78 Å². The zero-order valence-corrected chi connectivity index (χ0v) is 18.0. The van der Waals surface area contributed by atoms with Crippen LogP contribution in [-0.4, -0.2) is 40.1 Å². The van der Waals surface area contributed by atoms with Crippen molar-refractivity contribution in [3.63, 3.8) is 0 Å². The molecule has 2 atom stereocenters. The van der Waals surface area contributed by atoms with Crippen LogP contribution in [0.15, 0.2) is 66.9 Å². The first-order valence-electron chi connectivity index (χ1n) is 10.6. The van der Waals surface area contributed by atoms with Crippen molar-refractivity contribution >= 4 is 16.9 Å². The van der Waals surface area contributed by atoms with Gasteiger partial charge in [0.25, 0.3) is 0 Å². The second kappa shape index (κ2) is 8.48. The average molecular weight is 445 g/mol. The molecule has 168 valence electrons. The lowest BCUT2D eigenvalue weighted by Gasteiger charge is -2.25. The fourth-order valence-corrected chi connectivity index (χ4v) is 3.92. The number of nitrogens with two attached hydrogens (primary N) is 1. The maximum Gasteiger partial charge on any atom is 0.335 e. The summed E-state index contributed by atoms with van der Waals surface area (Å²) in [6.07, 6.45) is 1.33. The number of fused-ring (bicyclic) bond motifs is 2. The van der Waals surface area contributed by atoms with E-state index in [1.165, 1.54) is 0 Å². The number of carbonyl (C=O) groups is 1. The molecule has 3 aromatic carbocycles. The molecule has 2 heterocycles. The number of hydrogen-bond acceptors (Lipinski definition) is 6. The van der Waals surface area contributed by atoms with Gasteiger partial charge in [-0.2, -0.15) is 5.10 Å². The largest absolute Gasteiger partial charge is 0.486 e. The van der Waals surface area contributed by atoms with E-state index in [1.807, 2.05) is 49.4 Å². The van der Waals surface area contributed by atoms with Crippen molar-refractivity contribution in [1.29, 1.82) is 0 Å². The van der Waals surface area contributed by atoms with Gasteiger partial charge in [0.05, 0.1) is 23.0 Å². The number of aromatic nitrogens is 2. The molecule has 3 N–H and O–H groups in total.